The van der Waals surface area contributed by atoms with Crippen molar-refractivity contribution in [1.29, 1.82) is 0 Å². The quantitative estimate of drug-likeness (QED) is 0.726. The summed E-state index contributed by atoms with van der Waals surface area (Å²) in [4.78, 5) is 36.7. The Balaban J connectivity index is 2.37. The molecule has 1 fully saturated rings. The Kier molecular flexibility index (Phi) is 10.9. The molecule has 0 aromatic rings. The Morgan fingerprint density at radius 1 is 0.958 bits per heavy atom. The lowest BCUT2D eigenvalue weighted by atomic mass is 10.1. The number of carbonyl (C=O) groups is 3. The van der Waals surface area contributed by atoms with Gasteiger partial charge in [-0.3, -0.25) is 14.4 Å². The summed E-state index contributed by atoms with van der Waals surface area (Å²) in [6, 6.07) is 0. The molecule has 0 atom stereocenters. The Labute approximate surface area is 145 Å². The molecular weight excluding hydrogens is 306 g/mol. The molecule has 1 aliphatic rings. The molecule has 0 bridgehead atoms. The molecule has 0 saturated carbocycles. The maximum atomic E-state index is 12.4. The van der Waals surface area contributed by atoms with Crippen LogP contribution in [0.15, 0.2) is 0 Å². The van der Waals surface area contributed by atoms with Gasteiger partial charge in [-0.25, -0.2) is 0 Å². The van der Waals surface area contributed by atoms with Crippen molar-refractivity contribution in [3.8, 4) is 0 Å². The van der Waals surface area contributed by atoms with E-state index in [1.165, 1.54) is 0 Å². The number of nitrogens with two attached hydrogens (primary N) is 1. The zero-order valence-electron chi connectivity index (χ0n) is 14.9. The topological polar surface area (TPSA) is 92.5 Å². The van der Waals surface area contributed by atoms with Crippen molar-refractivity contribution in [1.82, 2.24) is 10.2 Å². The molecular formula is C18H33N3O3. The van der Waals surface area contributed by atoms with E-state index in [0.717, 1.165) is 77.4 Å². The van der Waals surface area contributed by atoms with Crippen LogP contribution in [0.25, 0.3) is 0 Å². The number of rotatable bonds is 6. The first kappa shape index (κ1) is 20.5. The van der Waals surface area contributed by atoms with E-state index in [1.54, 1.807) is 0 Å². The number of carbonyl (C=O) groups excluding carboxylic acids is 3. The lowest BCUT2D eigenvalue weighted by Crippen LogP contribution is -2.33. The van der Waals surface area contributed by atoms with Gasteiger partial charge in [-0.1, -0.05) is 19.3 Å². The molecule has 0 radical (unpaired) electrons. The van der Waals surface area contributed by atoms with Crippen molar-refractivity contribution >= 4 is 17.7 Å². The van der Waals surface area contributed by atoms with Gasteiger partial charge in [0.1, 0.15) is 0 Å². The molecule has 3 amide bonds. The van der Waals surface area contributed by atoms with Crippen LogP contribution in [0.2, 0.25) is 0 Å². The average molecular weight is 339 g/mol. The van der Waals surface area contributed by atoms with Crippen LogP contribution >= 0.6 is 0 Å². The highest BCUT2D eigenvalue weighted by atomic mass is 16.2. The van der Waals surface area contributed by atoms with Gasteiger partial charge in [0.25, 0.3) is 0 Å². The summed E-state index contributed by atoms with van der Waals surface area (Å²) in [6.07, 6.45) is 9.83. The van der Waals surface area contributed by atoms with Crippen LogP contribution in [0, 0.1) is 0 Å². The predicted octanol–water partition coefficient (Wildman–Crippen LogP) is 2.11. The van der Waals surface area contributed by atoms with E-state index in [9.17, 15) is 14.4 Å². The van der Waals surface area contributed by atoms with Crippen molar-refractivity contribution in [3.05, 3.63) is 0 Å². The summed E-state index contributed by atoms with van der Waals surface area (Å²) in [5, 5.41) is 2.94. The third-order valence-corrected chi connectivity index (χ3v) is 4.43. The van der Waals surface area contributed by atoms with Gasteiger partial charge in [-0.2, -0.15) is 0 Å². The summed E-state index contributed by atoms with van der Waals surface area (Å²) >= 11 is 0. The zero-order valence-corrected chi connectivity index (χ0v) is 14.9. The van der Waals surface area contributed by atoms with E-state index < -0.39 is 0 Å². The molecule has 1 heterocycles. The van der Waals surface area contributed by atoms with E-state index in [4.69, 9.17) is 5.73 Å². The Morgan fingerprint density at radius 2 is 1.71 bits per heavy atom. The molecule has 6 heteroatoms. The number of hydrogen-bond donors (Lipinski definition) is 2. The highest BCUT2D eigenvalue weighted by molar-refractivity contribution is 5.77. The minimum Gasteiger partial charge on any atom is -0.370 e. The predicted molar refractivity (Wildman–Crippen MR) is 94.2 cm³/mol. The molecule has 24 heavy (non-hydrogen) atoms. The van der Waals surface area contributed by atoms with Gasteiger partial charge in [0.05, 0.1) is 0 Å². The van der Waals surface area contributed by atoms with Gasteiger partial charge in [-0.05, 0) is 38.5 Å². The molecule has 0 aromatic carbocycles. The standard InChI is InChI=1S/C18H33N3O3/c19-16(22)10-4-3-9-15-21-14-8-2-1-7-13-20-17(23)11-5-6-12-18(21)24/h1-15H2,(H2,19,22)(H,20,23). The lowest BCUT2D eigenvalue weighted by Gasteiger charge is -2.23. The average Bonchev–Trinajstić information content (AvgIpc) is 2.54. The highest BCUT2D eigenvalue weighted by Gasteiger charge is 2.13. The maximum Gasteiger partial charge on any atom is 0.222 e. The SMILES string of the molecule is NC(=O)CCCCCN1CCCCCCNC(=O)CCCCC1=O. The molecule has 0 spiro atoms. The normalized spacial score (nSPS) is 18.8. The maximum absolute atomic E-state index is 12.4. The molecule has 138 valence electrons. The zero-order chi connectivity index (χ0) is 17.6. The van der Waals surface area contributed by atoms with Crippen LogP contribution in [0.1, 0.15) is 77.0 Å². The fraction of sp³-hybridized carbons (Fsp3) is 0.833. The largest absolute Gasteiger partial charge is 0.370 e. The van der Waals surface area contributed by atoms with E-state index in [-0.39, 0.29) is 17.7 Å². The first-order valence-corrected chi connectivity index (χ1v) is 9.42. The summed E-state index contributed by atoms with van der Waals surface area (Å²) in [5.41, 5.74) is 5.14. The first-order valence-electron chi connectivity index (χ1n) is 9.42. The summed E-state index contributed by atoms with van der Waals surface area (Å²) < 4.78 is 0. The van der Waals surface area contributed by atoms with Gasteiger partial charge < -0.3 is 16.0 Å². The van der Waals surface area contributed by atoms with Gasteiger partial charge in [-0.15, -0.1) is 0 Å². The van der Waals surface area contributed by atoms with Crippen molar-refractivity contribution < 1.29 is 14.4 Å². The molecule has 6 nitrogen and oxygen atoms in total. The number of amides is 3. The van der Waals surface area contributed by atoms with Crippen LogP contribution in [-0.4, -0.2) is 42.3 Å². The smallest absolute Gasteiger partial charge is 0.222 e. The fourth-order valence-corrected chi connectivity index (χ4v) is 2.96. The summed E-state index contributed by atoms with van der Waals surface area (Å²) in [5.74, 6) is 0.0431. The van der Waals surface area contributed by atoms with Crippen LogP contribution in [0.4, 0.5) is 0 Å². The number of unbranched alkanes of at least 4 members (excludes halogenated alkanes) is 2. The summed E-state index contributed by atoms with van der Waals surface area (Å²) in [7, 11) is 0. The fourth-order valence-electron chi connectivity index (χ4n) is 2.96. The molecule has 1 saturated heterocycles. The van der Waals surface area contributed by atoms with E-state index in [2.05, 4.69) is 5.32 Å². The minimum absolute atomic E-state index is 0.103. The first-order chi connectivity index (χ1) is 11.6. The third-order valence-electron chi connectivity index (χ3n) is 4.43. The number of primary amides is 1. The van der Waals surface area contributed by atoms with Gasteiger partial charge in [0.15, 0.2) is 0 Å². The Bertz CT molecular complexity index is 399. The molecule has 0 unspecified atom stereocenters. The Morgan fingerprint density at radius 3 is 2.50 bits per heavy atom. The van der Waals surface area contributed by atoms with Crippen LogP contribution < -0.4 is 11.1 Å². The Hall–Kier alpha value is -1.59. The molecule has 1 aliphatic heterocycles. The monoisotopic (exact) mass is 339 g/mol. The molecule has 0 aliphatic carbocycles. The number of nitrogens with one attached hydrogen (secondary N) is 1. The van der Waals surface area contributed by atoms with Crippen molar-refractivity contribution in [3.63, 3.8) is 0 Å². The van der Waals surface area contributed by atoms with Crippen molar-refractivity contribution in [2.45, 2.75) is 77.0 Å². The van der Waals surface area contributed by atoms with Gasteiger partial charge in [0, 0.05) is 38.9 Å². The second-order valence-corrected chi connectivity index (χ2v) is 6.63. The van der Waals surface area contributed by atoms with Gasteiger partial charge >= 0.3 is 0 Å². The highest BCUT2D eigenvalue weighted by Crippen LogP contribution is 2.10. The van der Waals surface area contributed by atoms with Crippen molar-refractivity contribution in [2.24, 2.45) is 5.73 Å². The molecule has 1 rings (SSSR count). The minimum atomic E-state index is -0.256. The van der Waals surface area contributed by atoms with Gasteiger partial charge in [0.2, 0.25) is 17.7 Å². The summed E-state index contributed by atoms with van der Waals surface area (Å²) in [6.45, 7) is 2.35. The van der Waals surface area contributed by atoms with E-state index >= 15 is 0 Å². The van der Waals surface area contributed by atoms with E-state index in [1.807, 2.05) is 4.90 Å². The molecule has 0 aromatic heterocycles. The number of nitrogens with zero attached hydrogens (tertiary/aromatic N) is 1. The molecule has 3 N–H and O–H groups in total. The van der Waals surface area contributed by atoms with Crippen molar-refractivity contribution in [2.75, 3.05) is 19.6 Å². The lowest BCUT2D eigenvalue weighted by molar-refractivity contribution is -0.132. The van der Waals surface area contributed by atoms with E-state index in [0.29, 0.717) is 19.3 Å². The third kappa shape index (κ3) is 10.2. The van der Waals surface area contributed by atoms with Crippen LogP contribution in [0.3, 0.4) is 0 Å². The second kappa shape index (κ2) is 12.8. The van der Waals surface area contributed by atoms with Crippen LogP contribution in [-0.2, 0) is 14.4 Å². The second-order valence-electron chi connectivity index (χ2n) is 6.63. The number of hydrogen-bond acceptors (Lipinski definition) is 3. The van der Waals surface area contributed by atoms with Crippen LogP contribution in [0.5, 0.6) is 0 Å².